The average molecular weight is 156 g/mol. The highest BCUT2D eigenvalue weighted by Crippen LogP contribution is 2.22. The van der Waals surface area contributed by atoms with E-state index in [0.29, 0.717) is 12.1 Å². The standard InChI is InChI=1S/C7H12N2O.CH4/c1-5(10)9-4-6-2-7(9)3-8-6;/h6-8H,2-4H2,1H3;1H4. The number of nitrogens with one attached hydrogen (secondary N) is 1. The largest absolute Gasteiger partial charge is 0.337 e. The normalized spacial score (nSPS) is 33.7. The van der Waals surface area contributed by atoms with Gasteiger partial charge in [-0.1, -0.05) is 7.43 Å². The molecule has 64 valence electrons. The summed E-state index contributed by atoms with van der Waals surface area (Å²) in [4.78, 5) is 12.9. The van der Waals surface area contributed by atoms with E-state index in [9.17, 15) is 4.79 Å². The van der Waals surface area contributed by atoms with Crippen LogP contribution < -0.4 is 5.32 Å². The van der Waals surface area contributed by atoms with Crippen molar-refractivity contribution in [3.05, 3.63) is 0 Å². The topological polar surface area (TPSA) is 32.3 Å². The van der Waals surface area contributed by atoms with Gasteiger partial charge < -0.3 is 10.2 Å². The van der Waals surface area contributed by atoms with Crippen molar-refractivity contribution in [1.29, 1.82) is 0 Å². The fourth-order valence-corrected chi connectivity index (χ4v) is 1.95. The Hall–Kier alpha value is -0.570. The number of hydrogen-bond acceptors (Lipinski definition) is 2. The minimum Gasteiger partial charge on any atom is -0.337 e. The molecule has 0 radical (unpaired) electrons. The van der Waals surface area contributed by atoms with Gasteiger partial charge in [0.15, 0.2) is 0 Å². The summed E-state index contributed by atoms with van der Waals surface area (Å²) >= 11 is 0. The summed E-state index contributed by atoms with van der Waals surface area (Å²) in [6.45, 7) is 3.59. The first-order valence-electron chi connectivity index (χ1n) is 3.78. The van der Waals surface area contributed by atoms with Crippen molar-refractivity contribution in [2.45, 2.75) is 32.9 Å². The van der Waals surface area contributed by atoms with Gasteiger partial charge in [-0.15, -0.1) is 0 Å². The van der Waals surface area contributed by atoms with Crippen molar-refractivity contribution in [3.63, 3.8) is 0 Å². The van der Waals surface area contributed by atoms with Crippen molar-refractivity contribution in [1.82, 2.24) is 10.2 Å². The van der Waals surface area contributed by atoms with Crippen LogP contribution in [0.5, 0.6) is 0 Å². The van der Waals surface area contributed by atoms with Crippen molar-refractivity contribution in [2.24, 2.45) is 0 Å². The maximum absolute atomic E-state index is 10.9. The molecule has 2 atom stereocenters. The van der Waals surface area contributed by atoms with Crippen LogP contribution in [0.25, 0.3) is 0 Å². The number of hydrogen-bond donors (Lipinski definition) is 1. The first kappa shape index (κ1) is 8.53. The smallest absolute Gasteiger partial charge is 0.219 e. The summed E-state index contributed by atoms with van der Waals surface area (Å²) in [5, 5.41) is 3.35. The van der Waals surface area contributed by atoms with Gasteiger partial charge in [0.25, 0.3) is 0 Å². The molecule has 3 nitrogen and oxygen atoms in total. The number of nitrogens with zero attached hydrogens (tertiary/aromatic N) is 1. The molecular weight excluding hydrogens is 140 g/mol. The van der Waals surface area contributed by atoms with E-state index in [1.165, 1.54) is 6.42 Å². The molecule has 2 aliphatic rings. The summed E-state index contributed by atoms with van der Waals surface area (Å²) in [7, 11) is 0. The van der Waals surface area contributed by atoms with Gasteiger partial charge in [-0.25, -0.2) is 0 Å². The van der Waals surface area contributed by atoms with Gasteiger partial charge in [0.1, 0.15) is 0 Å². The van der Waals surface area contributed by atoms with Crippen LogP contribution in [0, 0.1) is 0 Å². The number of amides is 1. The van der Waals surface area contributed by atoms with Crippen LogP contribution >= 0.6 is 0 Å². The Morgan fingerprint density at radius 2 is 2.36 bits per heavy atom. The monoisotopic (exact) mass is 156 g/mol. The lowest BCUT2D eigenvalue weighted by atomic mass is 10.2. The van der Waals surface area contributed by atoms with Crippen LogP contribution in [0.1, 0.15) is 20.8 Å². The zero-order valence-corrected chi connectivity index (χ0v) is 6.13. The molecule has 0 spiro atoms. The Morgan fingerprint density at radius 1 is 1.64 bits per heavy atom. The molecule has 11 heavy (non-hydrogen) atoms. The predicted octanol–water partition coefficient (Wildman–Crippen LogP) is 0.215. The Kier molecular flexibility index (Phi) is 2.18. The Balaban J connectivity index is 0.000000605. The number of piperazine rings is 1. The molecule has 2 rings (SSSR count). The van der Waals surface area contributed by atoms with E-state index in [1.807, 2.05) is 4.90 Å². The van der Waals surface area contributed by atoms with Crippen LogP contribution in [0.2, 0.25) is 0 Å². The van der Waals surface area contributed by atoms with Crippen LogP contribution in [-0.2, 0) is 4.79 Å². The van der Waals surface area contributed by atoms with E-state index in [4.69, 9.17) is 0 Å². The van der Waals surface area contributed by atoms with E-state index in [1.54, 1.807) is 6.92 Å². The number of fused-ring (bicyclic) bond motifs is 2. The molecule has 2 unspecified atom stereocenters. The molecule has 2 saturated heterocycles. The van der Waals surface area contributed by atoms with Gasteiger partial charge in [-0.3, -0.25) is 4.79 Å². The molecule has 0 aliphatic carbocycles. The Labute approximate surface area is 67.8 Å². The van der Waals surface area contributed by atoms with Crippen LogP contribution in [-0.4, -0.2) is 36.0 Å². The van der Waals surface area contributed by atoms with Crippen LogP contribution in [0.4, 0.5) is 0 Å². The summed E-state index contributed by atoms with van der Waals surface area (Å²) < 4.78 is 0. The number of carbonyl (C=O) groups excluding carboxylic acids is 1. The van der Waals surface area contributed by atoms with Crippen LogP contribution in [0.3, 0.4) is 0 Å². The number of rotatable bonds is 0. The first-order chi connectivity index (χ1) is 4.77. The minimum atomic E-state index is 0. The molecule has 3 heteroatoms. The van der Waals surface area contributed by atoms with Gasteiger partial charge in [0.2, 0.25) is 5.91 Å². The van der Waals surface area contributed by atoms with E-state index in [2.05, 4.69) is 5.32 Å². The fourth-order valence-electron chi connectivity index (χ4n) is 1.95. The number of likely N-dealkylation sites (tertiary alicyclic amines) is 1. The SMILES string of the molecule is C.CC(=O)N1CC2CC1CN2. The zero-order valence-electron chi connectivity index (χ0n) is 6.13. The summed E-state index contributed by atoms with van der Waals surface area (Å²) in [6, 6.07) is 1.09. The Bertz CT molecular complexity index is 169. The molecule has 0 aromatic carbocycles. The molecule has 1 amide bonds. The highest BCUT2D eigenvalue weighted by molar-refractivity contribution is 5.74. The molecule has 0 aromatic heterocycles. The molecule has 2 bridgehead atoms. The van der Waals surface area contributed by atoms with E-state index in [-0.39, 0.29) is 13.3 Å². The second-order valence-electron chi connectivity index (χ2n) is 3.17. The predicted molar refractivity (Wildman–Crippen MR) is 44.3 cm³/mol. The van der Waals surface area contributed by atoms with Crippen molar-refractivity contribution >= 4 is 5.91 Å². The van der Waals surface area contributed by atoms with Gasteiger partial charge in [0, 0.05) is 32.1 Å². The van der Waals surface area contributed by atoms with Crippen LogP contribution in [0.15, 0.2) is 0 Å². The maximum Gasteiger partial charge on any atom is 0.219 e. The highest BCUT2D eigenvalue weighted by atomic mass is 16.2. The lowest BCUT2D eigenvalue weighted by Gasteiger charge is -2.25. The van der Waals surface area contributed by atoms with Gasteiger partial charge in [0.05, 0.1) is 0 Å². The molecule has 0 aromatic rings. The molecule has 2 aliphatic heterocycles. The third-order valence-corrected chi connectivity index (χ3v) is 2.46. The molecule has 2 heterocycles. The maximum atomic E-state index is 10.9. The fraction of sp³-hybridized carbons (Fsp3) is 0.875. The molecule has 1 N–H and O–H groups in total. The third-order valence-electron chi connectivity index (χ3n) is 2.46. The van der Waals surface area contributed by atoms with Gasteiger partial charge in [-0.2, -0.15) is 0 Å². The zero-order chi connectivity index (χ0) is 7.14. The van der Waals surface area contributed by atoms with E-state index >= 15 is 0 Å². The summed E-state index contributed by atoms with van der Waals surface area (Å²) in [6.07, 6.45) is 1.17. The highest BCUT2D eigenvalue weighted by Gasteiger charge is 2.38. The van der Waals surface area contributed by atoms with Gasteiger partial charge in [-0.05, 0) is 6.42 Å². The van der Waals surface area contributed by atoms with Crippen molar-refractivity contribution in [2.75, 3.05) is 13.1 Å². The molecule has 0 saturated carbocycles. The second kappa shape index (κ2) is 2.81. The van der Waals surface area contributed by atoms with Crippen molar-refractivity contribution < 1.29 is 4.79 Å². The third kappa shape index (κ3) is 1.25. The van der Waals surface area contributed by atoms with E-state index in [0.717, 1.165) is 13.1 Å². The lowest BCUT2D eigenvalue weighted by molar-refractivity contribution is -0.130. The lowest BCUT2D eigenvalue weighted by Crippen LogP contribution is -2.45. The van der Waals surface area contributed by atoms with Crippen molar-refractivity contribution in [3.8, 4) is 0 Å². The average Bonchev–Trinajstić information content (AvgIpc) is 2.44. The molecular formula is C8H16N2O. The Morgan fingerprint density at radius 3 is 2.64 bits per heavy atom. The summed E-state index contributed by atoms with van der Waals surface area (Å²) in [5.74, 6) is 0.231. The van der Waals surface area contributed by atoms with E-state index < -0.39 is 0 Å². The first-order valence-corrected chi connectivity index (χ1v) is 3.78. The second-order valence-corrected chi connectivity index (χ2v) is 3.17. The number of carbonyl (C=O) groups is 1. The molecule has 2 fully saturated rings. The quantitative estimate of drug-likeness (QED) is 0.544. The van der Waals surface area contributed by atoms with Gasteiger partial charge >= 0.3 is 0 Å². The summed E-state index contributed by atoms with van der Waals surface area (Å²) in [5.41, 5.74) is 0. The minimum absolute atomic E-state index is 0.